The van der Waals surface area contributed by atoms with Gasteiger partial charge in [-0.1, -0.05) is 78.1 Å². The van der Waals surface area contributed by atoms with Gasteiger partial charge in [-0.15, -0.1) is 0 Å². The number of aliphatic carboxylic acids is 1. The van der Waals surface area contributed by atoms with Crippen molar-refractivity contribution in [3.63, 3.8) is 0 Å². The molecule has 0 aromatic carbocycles. The van der Waals surface area contributed by atoms with Gasteiger partial charge in [-0.25, -0.2) is 0 Å². The molecular formula is C21H40O4. The second kappa shape index (κ2) is 17.8. The van der Waals surface area contributed by atoms with Crippen LogP contribution in [0, 0.1) is 5.92 Å². The molecule has 0 saturated heterocycles. The maximum Gasteiger partial charge on any atom is 0.305 e. The minimum atomic E-state index is -0.803. The monoisotopic (exact) mass is 356 g/mol. The van der Waals surface area contributed by atoms with E-state index in [4.69, 9.17) is 9.84 Å². The van der Waals surface area contributed by atoms with E-state index in [2.05, 4.69) is 13.8 Å². The van der Waals surface area contributed by atoms with Crippen molar-refractivity contribution in [1.29, 1.82) is 0 Å². The standard InChI is InChI=1S/C21H40O4/c1-3-5-7-9-13-19(14-10-8-6-4-2)17-18-25-21(24)16-12-11-15-20(22)23/h19H,3-18H2,1-2H3,(H,22,23). The smallest absolute Gasteiger partial charge is 0.305 e. The Bertz CT molecular complexity index is 316. The van der Waals surface area contributed by atoms with E-state index in [9.17, 15) is 9.59 Å². The number of hydrogen-bond donors (Lipinski definition) is 1. The molecule has 0 unspecified atom stereocenters. The number of esters is 1. The molecule has 0 atom stereocenters. The molecule has 0 saturated carbocycles. The predicted molar refractivity (Wildman–Crippen MR) is 103 cm³/mol. The van der Waals surface area contributed by atoms with Gasteiger partial charge < -0.3 is 9.84 Å². The lowest BCUT2D eigenvalue weighted by molar-refractivity contribution is -0.144. The van der Waals surface area contributed by atoms with Gasteiger partial charge in [0, 0.05) is 12.8 Å². The number of rotatable bonds is 18. The molecule has 0 aromatic rings. The molecule has 0 fully saturated rings. The van der Waals surface area contributed by atoms with Crippen LogP contribution in [0.25, 0.3) is 0 Å². The first-order valence-electron chi connectivity index (χ1n) is 10.5. The van der Waals surface area contributed by atoms with Gasteiger partial charge in [0.25, 0.3) is 0 Å². The number of carbonyl (C=O) groups excluding carboxylic acids is 1. The molecule has 148 valence electrons. The summed E-state index contributed by atoms with van der Waals surface area (Å²) in [6, 6.07) is 0. The summed E-state index contributed by atoms with van der Waals surface area (Å²) in [4.78, 5) is 22.1. The molecule has 0 radical (unpaired) electrons. The van der Waals surface area contributed by atoms with Crippen LogP contribution in [0.1, 0.15) is 110 Å². The number of carboxylic acid groups (broad SMARTS) is 1. The molecule has 1 N–H and O–H groups in total. The van der Waals surface area contributed by atoms with E-state index in [1.165, 1.54) is 64.2 Å². The lowest BCUT2D eigenvalue weighted by atomic mass is 9.92. The number of hydrogen-bond acceptors (Lipinski definition) is 3. The average Bonchev–Trinajstić information content (AvgIpc) is 2.58. The van der Waals surface area contributed by atoms with Crippen LogP contribution in [0.2, 0.25) is 0 Å². The van der Waals surface area contributed by atoms with Gasteiger partial charge >= 0.3 is 11.9 Å². The summed E-state index contributed by atoms with van der Waals surface area (Å²) in [5.74, 6) is -0.308. The molecule has 25 heavy (non-hydrogen) atoms. The molecular weight excluding hydrogens is 316 g/mol. The summed E-state index contributed by atoms with van der Waals surface area (Å²) < 4.78 is 5.35. The third-order valence-corrected chi connectivity index (χ3v) is 4.74. The van der Waals surface area contributed by atoms with Crippen molar-refractivity contribution < 1.29 is 19.4 Å². The fraction of sp³-hybridized carbons (Fsp3) is 0.905. The van der Waals surface area contributed by atoms with Crippen LogP contribution in [-0.2, 0) is 14.3 Å². The van der Waals surface area contributed by atoms with Crippen molar-refractivity contribution >= 4 is 11.9 Å². The van der Waals surface area contributed by atoms with Crippen molar-refractivity contribution in [3.8, 4) is 0 Å². The second-order valence-electron chi connectivity index (χ2n) is 7.17. The molecule has 0 rings (SSSR count). The Hall–Kier alpha value is -1.06. The molecule has 4 heteroatoms. The van der Waals surface area contributed by atoms with Gasteiger partial charge in [-0.3, -0.25) is 9.59 Å². The molecule has 4 nitrogen and oxygen atoms in total. The van der Waals surface area contributed by atoms with E-state index in [1.54, 1.807) is 0 Å². The molecule has 0 bridgehead atoms. The van der Waals surface area contributed by atoms with Crippen LogP contribution in [0.4, 0.5) is 0 Å². The van der Waals surface area contributed by atoms with Gasteiger partial charge in [0.05, 0.1) is 6.61 Å². The lowest BCUT2D eigenvalue weighted by Gasteiger charge is -2.17. The van der Waals surface area contributed by atoms with Gasteiger partial charge in [0.1, 0.15) is 0 Å². The van der Waals surface area contributed by atoms with Crippen molar-refractivity contribution in [2.45, 2.75) is 110 Å². The van der Waals surface area contributed by atoms with Crippen LogP contribution in [0.5, 0.6) is 0 Å². The minimum Gasteiger partial charge on any atom is -0.481 e. The molecule has 0 aromatic heterocycles. The minimum absolute atomic E-state index is 0.130. The Morgan fingerprint density at radius 2 is 1.32 bits per heavy atom. The molecule has 0 aliphatic rings. The summed E-state index contributed by atoms with van der Waals surface area (Å²) in [6.07, 6.45) is 15.4. The summed E-state index contributed by atoms with van der Waals surface area (Å²) in [7, 11) is 0. The molecule has 0 spiro atoms. The van der Waals surface area contributed by atoms with E-state index in [1.807, 2.05) is 0 Å². The van der Waals surface area contributed by atoms with Crippen molar-refractivity contribution in [1.82, 2.24) is 0 Å². The topological polar surface area (TPSA) is 63.6 Å². The Labute approximate surface area is 154 Å². The Morgan fingerprint density at radius 3 is 1.84 bits per heavy atom. The zero-order valence-corrected chi connectivity index (χ0v) is 16.6. The largest absolute Gasteiger partial charge is 0.481 e. The van der Waals surface area contributed by atoms with Crippen molar-refractivity contribution in [2.24, 2.45) is 5.92 Å². The zero-order valence-electron chi connectivity index (χ0n) is 16.6. The molecule has 0 aliphatic carbocycles. The first kappa shape index (κ1) is 23.9. The third-order valence-electron chi connectivity index (χ3n) is 4.74. The van der Waals surface area contributed by atoms with Crippen LogP contribution >= 0.6 is 0 Å². The van der Waals surface area contributed by atoms with E-state index in [0.717, 1.165) is 6.42 Å². The first-order chi connectivity index (χ1) is 12.1. The van der Waals surface area contributed by atoms with Gasteiger partial charge in [-0.2, -0.15) is 0 Å². The molecule has 0 heterocycles. The fourth-order valence-corrected chi connectivity index (χ4v) is 3.11. The third kappa shape index (κ3) is 17.6. The zero-order chi connectivity index (χ0) is 18.8. The van der Waals surface area contributed by atoms with Crippen LogP contribution in [-0.4, -0.2) is 23.7 Å². The highest BCUT2D eigenvalue weighted by molar-refractivity contribution is 5.69. The van der Waals surface area contributed by atoms with Crippen LogP contribution in [0.15, 0.2) is 0 Å². The number of carboxylic acids is 1. The van der Waals surface area contributed by atoms with Crippen LogP contribution < -0.4 is 0 Å². The van der Waals surface area contributed by atoms with Gasteiger partial charge in [-0.05, 0) is 25.2 Å². The highest BCUT2D eigenvalue weighted by Crippen LogP contribution is 2.21. The first-order valence-corrected chi connectivity index (χ1v) is 10.5. The summed E-state index contributed by atoms with van der Waals surface area (Å²) in [5.41, 5.74) is 0. The number of unbranched alkanes of at least 4 members (excludes halogenated alkanes) is 7. The van der Waals surface area contributed by atoms with Crippen LogP contribution in [0.3, 0.4) is 0 Å². The van der Waals surface area contributed by atoms with Gasteiger partial charge in [0.2, 0.25) is 0 Å². The maximum absolute atomic E-state index is 11.7. The predicted octanol–water partition coefficient (Wildman–Crippen LogP) is 6.12. The Kier molecular flexibility index (Phi) is 17.0. The van der Waals surface area contributed by atoms with E-state index < -0.39 is 5.97 Å². The Morgan fingerprint density at radius 1 is 0.760 bits per heavy atom. The van der Waals surface area contributed by atoms with E-state index in [0.29, 0.717) is 31.8 Å². The molecule has 0 aliphatic heterocycles. The van der Waals surface area contributed by atoms with E-state index >= 15 is 0 Å². The fourth-order valence-electron chi connectivity index (χ4n) is 3.11. The van der Waals surface area contributed by atoms with E-state index in [-0.39, 0.29) is 12.4 Å². The van der Waals surface area contributed by atoms with Crippen molar-refractivity contribution in [3.05, 3.63) is 0 Å². The Balaban J connectivity index is 3.88. The summed E-state index contributed by atoms with van der Waals surface area (Å²) in [6.45, 7) is 4.99. The highest BCUT2D eigenvalue weighted by atomic mass is 16.5. The normalized spacial score (nSPS) is 11.0. The SMILES string of the molecule is CCCCCCC(CCCCCC)CCOC(=O)CCCCC(=O)O. The second-order valence-corrected chi connectivity index (χ2v) is 7.17. The number of carbonyl (C=O) groups is 2. The number of ether oxygens (including phenoxy) is 1. The lowest BCUT2D eigenvalue weighted by Crippen LogP contribution is -2.10. The summed E-state index contributed by atoms with van der Waals surface area (Å²) in [5, 5.41) is 8.57. The quantitative estimate of drug-likeness (QED) is 0.237. The van der Waals surface area contributed by atoms with Crippen molar-refractivity contribution in [2.75, 3.05) is 6.61 Å². The highest BCUT2D eigenvalue weighted by Gasteiger charge is 2.11. The summed E-state index contributed by atoms with van der Waals surface area (Å²) >= 11 is 0. The van der Waals surface area contributed by atoms with Gasteiger partial charge in [0.15, 0.2) is 0 Å². The average molecular weight is 357 g/mol. The molecule has 0 amide bonds. The maximum atomic E-state index is 11.7.